The summed E-state index contributed by atoms with van der Waals surface area (Å²) in [5.41, 5.74) is 0.579. The molecule has 0 amide bonds. The normalized spacial score (nSPS) is 16.7. The van der Waals surface area contributed by atoms with Crippen molar-refractivity contribution in [3.05, 3.63) is 41.9 Å². The Hall–Kier alpha value is -2.90. The van der Waals surface area contributed by atoms with Gasteiger partial charge in [-0.2, -0.15) is 13.9 Å². The Morgan fingerprint density at radius 3 is 2.42 bits per heavy atom. The van der Waals surface area contributed by atoms with Crippen LogP contribution in [-0.2, 0) is 9.84 Å². The average Bonchev–Trinajstić information content (AvgIpc) is 3.55. The molecular weight excluding hydrogens is 507 g/mol. The zero-order valence-corrected chi connectivity index (χ0v) is 22.0. The van der Waals surface area contributed by atoms with Gasteiger partial charge in [-0.05, 0) is 43.2 Å². The number of likely N-dealkylation sites (tertiary alicyclic amines) is 1. The van der Waals surface area contributed by atoms with Crippen LogP contribution in [0.4, 0.5) is 4.39 Å². The monoisotopic (exact) mass is 534 g/mol. The molecule has 1 fully saturated rings. The Morgan fingerprint density at radius 1 is 1.14 bits per heavy atom. The number of ether oxygens (including phenoxy) is 1. The van der Waals surface area contributed by atoms with E-state index in [0.29, 0.717) is 21.6 Å². The summed E-state index contributed by atoms with van der Waals surface area (Å²) >= 11 is 1.15. The van der Waals surface area contributed by atoms with Gasteiger partial charge in [-0.1, -0.05) is 31.1 Å². The number of halogens is 1. The fraction of sp³-hybridized carbons (Fsp3) is 0.478. The van der Waals surface area contributed by atoms with Gasteiger partial charge in [0.15, 0.2) is 21.9 Å². The smallest absolute Gasteiger partial charge is 0.296 e. The van der Waals surface area contributed by atoms with Gasteiger partial charge in [-0.25, -0.2) is 13.4 Å². The van der Waals surface area contributed by atoms with E-state index in [0.717, 1.165) is 53.9 Å². The minimum Gasteiger partial charge on any atom is -0.450 e. The van der Waals surface area contributed by atoms with Crippen LogP contribution in [0.3, 0.4) is 0 Å². The first-order valence-electron chi connectivity index (χ1n) is 11.7. The number of imidazole rings is 1. The first kappa shape index (κ1) is 24.8. The Labute approximate surface area is 212 Å². The van der Waals surface area contributed by atoms with Gasteiger partial charge in [0.05, 0.1) is 4.90 Å². The van der Waals surface area contributed by atoms with Crippen LogP contribution >= 0.6 is 11.3 Å². The van der Waals surface area contributed by atoms with Crippen LogP contribution < -0.4 is 4.74 Å². The van der Waals surface area contributed by atoms with E-state index >= 15 is 4.39 Å². The minimum absolute atomic E-state index is 0.108. The molecule has 1 aromatic carbocycles. The quantitative estimate of drug-likeness (QED) is 0.345. The Balaban J connectivity index is 1.23. The van der Waals surface area contributed by atoms with Crippen molar-refractivity contribution >= 4 is 26.1 Å². The predicted molar refractivity (Wildman–Crippen MR) is 131 cm³/mol. The number of piperidine rings is 1. The summed E-state index contributed by atoms with van der Waals surface area (Å²) in [5, 5.41) is 8.64. The largest absolute Gasteiger partial charge is 0.450 e. The Kier molecular flexibility index (Phi) is 6.55. The summed E-state index contributed by atoms with van der Waals surface area (Å²) in [6.45, 7) is 7.62. The van der Waals surface area contributed by atoms with Gasteiger partial charge in [0.25, 0.3) is 5.19 Å². The molecule has 1 atom stereocenters. The highest BCUT2D eigenvalue weighted by molar-refractivity contribution is 7.90. The lowest BCUT2D eigenvalue weighted by Gasteiger charge is -2.34. The molecule has 0 saturated carbocycles. The highest BCUT2D eigenvalue weighted by atomic mass is 32.2. The average molecular weight is 535 g/mol. The molecule has 0 bridgehead atoms. The summed E-state index contributed by atoms with van der Waals surface area (Å²) < 4.78 is 51.0. The fourth-order valence-electron chi connectivity index (χ4n) is 4.18. The first-order valence-corrected chi connectivity index (χ1v) is 14.4. The van der Waals surface area contributed by atoms with E-state index < -0.39 is 15.8 Å². The van der Waals surface area contributed by atoms with Gasteiger partial charge in [0.1, 0.15) is 5.69 Å². The summed E-state index contributed by atoms with van der Waals surface area (Å²) in [5.74, 6) is 1.27. The fourth-order valence-corrected chi connectivity index (χ4v) is 5.62. The molecule has 1 saturated heterocycles. The molecule has 192 valence electrons. The minimum atomic E-state index is -3.33. The lowest BCUT2D eigenvalue weighted by Crippen LogP contribution is -2.42. The van der Waals surface area contributed by atoms with Crippen molar-refractivity contribution in [2.75, 3.05) is 19.3 Å². The zero-order valence-electron chi connectivity index (χ0n) is 20.4. The van der Waals surface area contributed by atoms with Gasteiger partial charge in [0.2, 0.25) is 16.8 Å². The SMILES string of the molecule is CC(C)c1noc(C2CCN(C(C)Oc3nn4c(F)c(-c5ccc(S(C)(=O)=O)cc5)nc4s3)CC2)n1. The number of aromatic nitrogens is 5. The molecule has 36 heavy (non-hydrogen) atoms. The second-order valence-electron chi connectivity index (χ2n) is 9.28. The summed E-state index contributed by atoms with van der Waals surface area (Å²) in [4.78, 5) is 11.6. The molecule has 5 rings (SSSR count). The van der Waals surface area contributed by atoms with E-state index in [1.54, 1.807) is 0 Å². The molecule has 4 heterocycles. The molecule has 1 aliphatic rings. The van der Waals surface area contributed by atoms with E-state index in [4.69, 9.17) is 9.26 Å². The van der Waals surface area contributed by atoms with Crippen LogP contribution in [-0.4, -0.2) is 63.6 Å². The van der Waals surface area contributed by atoms with Crippen LogP contribution in [0.5, 0.6) is 5.19 Å². The molecule has 1 unspecified atom stereocenters. The summed E-state index contributed by atoms with van der Waals surface area (Å²) in [7, 11) is -3.33. The summed E-state index contributed by atoms with van der Waals surface area (Å²) in [6, 6.07) is 5.94. The predicted octanol–water partition coefficient (Wildman–Crippen LogP) is 4.11. The lowest BCUT2D eigenvalue weighted by molar-refractivity contribution is 0.0190. The van der Waals surface area contributed by atoms with Crippen LogP contribution in [0.1, 0.15) is 57.2 Å². The van der Waals surface area contributed by atoms with Crippen molar-refractivity contribution in [1.29, 1.82) is 0 Å². The number of fused-ring (bicyclic) bond motifs is 1. The number of benzene rings is 1. The van der Waals surface area contributed by atoms with Crippen LogP contribution in [0.25, 0.3) is 16.2 Å². The maximum Gasteiger partial charge on any atom is 0.296 e. The lowest BCUT2D eigenvalue weighted by atomic mass is 9.96. The van der Waals surface area contributed by atoms with E-state index in [1.807, 2.05) is 20.8 Å². The summed E-state index contributed by atoms with van der Waals surface area (Å²) in [6.07, 6.45) is 2.64. The Morgan fingerprint density at radius 2 is 1.83 bits per heavy atom. The third-order valence-electron chi connectivity index (χ3n) is 6.32. The maximum absolute atomic E-state index is 15.1. The topological polar surface area (TPSA) is 116 Å². The third kappa shape index (κ3) is 4.87. The number of hydrogen-bond donors (Lipinski definition) is 0. The number of sulfone groups is 1. The van der Waals surface area contributed by atoms with Crippen molar-refractivity contribution < 1.29 is 22.1 Å². The molecule has 0 N–H and O–H groups in total. The van der Waals surface area contributed by atoms with Gasteiger partial charge in [-0.15, -0.1) is 5.10 Å². The molecule has 0 aliphatic carbocycles. The van der Waals surface area contributed by atoms with E-state index in [1.165, 1.54) is 24.3 Å². The standard InChI is InChI=1S/C23H27FN6O4S2/c1-13(2)20-26-21(34-28-20)16-9-11-29(12-10-16)14(3)33-23-27-30-19(24)18(25-22(30)35-23)15-5-7-17(8-6-15)36(4,31)32/h5-8,13-14,16H,9-12H2,1-4H3. The third-order valence-corrected chi connectivity index (χ3v) is 8.25. The second-order valence-corrected chi connectivity index (χ2v) is 12.2. The molecule has 10 nitrogen and oxygen atoms in total. The van der Waals surface area contributed by atoms with E-state index in [-0.39, 0.29) is 28.7 Å². The highest BCUT2D eigenvalue weighted by Crippen LogP contribution is 2.32. The van der Waals surface area contributed by atoms with Crippen molar-refractivity contribution in [2.24, 2.45) is 0 Å². The van der Waals surface area contributed by atoms with Crippen LogP contribution in [0.2, 0.25) is 0 Å². The Bertz CT molecular complexity index is 1470. The number of nitrogens with zero attached hydrogens (tertiary/aromatic N) is 6. The zero-order chi connectivity index (χ0) is 25.6. The van der Waals surface area contributed by atoms with E-state index in [2.05, 4.69) is 25.1 Å². The van der Waals surface area contributed by atoms with Gasteiger partial charge < -0.3 is 9.26 Å². The van der Waals surface area contributed by atoms with Crippen molar-refractivity contribution in [1.82, 2.24) is 29.6 Å². The second kappa shape index (κ2) is 9.52. The molecule has 3 aromatic heterocycles. The molecule has 4 aromatic rings. The molecule has 1 aliphatic heterocycles. The first-order chi connectivity index (χ1) is 17.1. The molecule has 0 radical (unpaired) electrons. The highest BCUT2D eigenvalue weighted by Gasteiger charge is 2.29. The maximum atomic E-state index is 15.1. The number of rotatable bonds is 7. The van der Waals surface area contributed by atoms with E-state index in [9.17, 15) is 8.42 Å². The van der Waals surface area contributed by atoms with Gasteiger partial charge in [-0.3, -0.25) is 4.90 Å². The van der Waals surface area contributed by atoms with Crippen molar-refractivity contribution in [3.8, 4) is 16.5 Å². The van der Waals surface area contributed by atoms with Crippen LogP contribution in [0, 0.1) is 5.95 Å². The molecule has 13 heteroatoms. The molecule has 0 spiro atoms. The van der Waals surface area contributed by atoms with Crippen molar-refractivity contribution in [3.63, 3.8) is 0 Å². The molecular formula is C23H27FN6O4S2. The van der Waals surface area contributed by atoms with Crippen molar-refractivity contribution in [2.45, 2.75) is 56.6 Å². The number of hydrogen-bond acceptors (Lipinski definition) is 10. The van der Waals surface area contributed by atoms with Gasteiger partial charge >= 0.3 is 0 Å². The van der Waals surface area contributed by atoms with Gasteiger partial charge in [0, 0.05) is 36.7 Å². The van der Waals surface area contributed by atoms with Crippen LogP contribution in [0.15, 0.2) is 33.7 Å².